The van der Waals surface area contributed by atoms with Crippen LogP contribution >= 0.6 is 0 Å². The highest BCUT2D eigenvalue weighted by Crippen LogP contribution is 2.44. The summed E-state index contributed by atoms with van der Waals surface area (Å²) >= 11 is 0. The van der Waals surface area contributed by atoms with E-state index in [4.69, 9.17) is 10.5 Å². The maximum Gasteiger partial charge on any atom is 0.270 e. The Kier molecular flexibility index (Phi) is 5.28. The van der Waals surface area contributed by atoms with Crippen LogP contribution in [0.4, 0.5) is 0 Å². The van der Waals surface area contributed by atoms with Gasteiger partial charge in [-0.2, -0.15) is 0 Å². The number of ether oxygens (including phenoxy) is 1. The van der Waals surface area contributed by atoms with E-state index in [0.717, 1.165) is 24.0 Å². The number of nitrogens with zero attached hydrogens (tertiary/aromatic N) is 1. The van der Waals surface area contributed by atoms with Crippen molar-refractivity contribution in [3.05, 3.63) is 59.3 Å². The molecule has 1 atom stereocenters. The van der Waals surface area contributed by atoms with Crippen molar-refractivity contribution in [3.8, 4) is 5.88 Å². The van der Waals surface area contributed by atoms with Gasteiger partial charge < -0.3 is 15.8 Å². The first-order valence-corrected chi connectivity index (χ1v) is 9.88. The summed E-state index contributed by atoms with van der Waals surface area (Å²) in [5.74, 6) is 0.306. The molecule has 1 heterocycles. The Labute approximate surface area is 164 Å². The average Bonchev–Trinajstić information content (AvgIpc) is 3.61. The predicted molar refractivity (Wildman–Crippen MR) is 105 cm³/mol. The molecule has 4 rings (SSSR count). The zero-order chi connectivity index (χ0) is 19.5. The first kappa shape index (κ1) is 18.5. The largest absolute Gasteiger partial charge is 0.477 e. The zero-order valence-electron chi connectivity index (χ0n) is 15.8. The van der Waals surface area contributed by atoms with Gasteiger partial charge in [0.15, 0.2) is 0 Å². The predicted octanol–water partition coefficient (Wildman–Crippen LogP) is 2.75. The normalized spacial score (nSPS) is 17.0. The SMILES string of the molecule is NC(=O)[C@@H](CNC(=O)c1ccc(C2CC2)c(OCC2CC2)n1)c1ccccc1. The van der Waals surface area contributed by atoms with E-state index < -0.39 is 11.8 Å². The monoisotopic (exact) mass is 379 g/mol. The number of hydrogen-bond donors (Lipinski definition) is 2. The topological polar surface area (TPSA) is 94.3 Å². The number of benzene rings is 1. The van der Waals surface area contributed by atoms with Crippen LogP contribution in [-0.2, 0) is 4.79 Å². The van der Waals surface area contributed by atoms with Crippen molar-refractivity contribution in [2.75, 3.05) is 13.2 Å². The van der Waals surface area contributed by atoms with E-state index in [1.807, 2.05) is 36.4 Å². The van der Waals surface area contributed by atoms with Crippen LogP contribution in [0, 0.1) is 5.92 Å². The molecule has 2 aliphatic rings. The molecule has 2 amide bonds. The van der Waals surface area contributed by atoms with Crippen LogP contribution in [0.5, 0.6) is 5.88 Å². The molecule has 0 saturated heterocycles. The van der Waals surface area contributed by atoms with Crippen molar-refractivity contribution in [1.82, 2.24) is 10.3 Å². The highest BCUT2D eigenvalue weighted by atomic mass is 16.5. The first-order valence-electron chi connectivity index (χ1n) is 9.88. The molecular weight excluding hydrogens is 354 g/mol. The van der Waals surface area contributed by atoms with Crippen LogP contribution < -0.4 is 15.8 Å². The van der Waals surface area contributed by atoms with Gasteiger partial charge in [0.1, 0.15) is 5.69 Å². The minimum atomic E-state index is -0.582. The molecule has 2 aliphatic carbocycles. The molecule has 2 saturated carbocycles. The van der Waals surface area contributed by atoms with E-state index in [1.165, 1.54) is 12.8 Å². The lowest BCUT2D eigenvalue weighted by atomic mass is 9.98. The summed E-state index contributed by atoms with van der Waals surface area (Å²) in [5, 5.41) is 2.79. The second-order valence-corrected chi connectivity index (χ2v) is 7.70. The summed E-state index contributed by atoms with van der Waals surface area (Å²) in [5.41, 5.74) is 7.70. The van der Waals surface area contributed by atoms with E-state index in [1.54, 1.807) is 6.07 Å². The zero-order valence-corrected chi connectivity index (χ0v) is 15.8. The summed E-state index contributed by atoms with van der Waals surface area (Å²) in [6.07, 6.45) is 4.69. The minimum Gasteiger partial charge on any atom is -0.477 e. The van der Waals surface area contributed by atoms with Crippen LogP contribution in [-0.4, -0.2) is 29.9 Å². The first-order chi connectivity index (χ1) is 13.6. The van der Waals surface area contributed by atoms with Gasteiger partial charge in [0.05, 0.1) is 12.5 Å². The van der Waals surface area contributed by atoms with Gasteiger partial charge in [0.2, 0.25) is 11.8 Å². The Morgan fingerprint density at radius 2 is 1.86 bits per heavy atom. The minimum absolute atomic E-state index is 0.127. The molecule has 0 spiro atoms. The van der Waals surface area contributed by atoms with Crippen LogP contribution in [0.15, 0.2) is 42.5 Å². The van der Waals surface area contributed by atoms with Gasteiger partial charge in [0.25, 0.3) is 5.91 Å². The Morgan fingerprint density at radius 3 is 2.50 bits per heavy atom. The molecule has 1 aromatic carbocycles. The van der Waals surface area contributed by atoms with Crippen LogP contribution in [0.25, 0.3) is 0 Å². The Bertz CT molecular complexity index is 861. The number of primary amides is 1. The number of amides is 2. The quantitative estimate of drug-likeness (QED) is 0.700. The highest BCUT2D eigenvalue weighted by Gasteiger charge is 2.30. The van der Waals surface area contributed by atoms with Crippen molar-refractivity contribution >= 4 is 11.8 Å². The van der Waals surface area contributed by atoms with Crippen molar-refractivity contribution in [3.63, 3.8) is 0 Å². The fraction of sp³-hybridized carbons (Fsp3) is 0.409. The maximum atomic E-state index is 12.6. The van der Waals surface area contributed by atoms with Gasteiger partial charge >= 0.3 is 0 Å². The molecular formula is C22H25N3O3. The van der Waals surface area contributed by atoms with Gasteiger partial charge in [-0.25, -0.2) is 4.98 Å². The third-order valence-corrected chi connectivity index (χ3v) is 5.30. The summed E-state index contributed by atoms with van der Waals surface area (Å²) in [6.45, 7) is 0.790. The molecule has 0 bridgehead atoms. The number of nitrogens with one attached hydrogen (secondary N) is 1. The van der Waals surface area contributed by atoms with Crippen molar-refractivity contribution in [1.29, 1.82) is 0 Å². The molecule has 6 heteroatoms. The lowest BCUT2D eigenvalue weighted by molar-refractivity contribution is -0.119. The molecule has 0 unspecified atom stereocenters. The highest BCUT2D eigenvalue weighted by molar-refractivity contribution is 5.93. The summed E-state index contributed by atoms with van der Waals surface area (Å²) in [6, 6.07) is 12.9. The summed E-state index contributed by atoms with van der Waals surface area (Å²) in [7, 11) is 0. The van der Waals surface area contributed by atoms with Gasteiger partial charge in [-0.05, 0) is 49.1 Å². The fourth-order valence-corrected chi connectivity index (χ4v) is 3.23. The number of pyridine rings is 1. The van der Waals surface area contributed by atoms with Gasteiger partial charge in [-0.15, -0.1) is 0 Å². The third-order valence-electron chi connectivity index (χ3n) is 5.30. The fourth-order valence-electron chi connectivity index (χ4n) is 3.23. The summed E-state index contributed by atoms with van der Waals surface area (Å²) in [4.78, 5) is 28.9. The van der Waals surface area contributed by atoms with E-state index in [0.29, 0.717) is 30.0 Å². The van der Waals surface area contributed by atoms with E-state index in [2.05, 4.69) is 10.3 Å². The number of rotatable bonds is 9. The van der Waals surface area contributed by atoms with E-state index in [-0.39, 0.29) is 12.5 Å². The number of carbonyl (C=O) groups is 2. The number of nitrogens with two attached hydrogens (primary N) is 1. The molecule has 2 fully saturated rings. The van der Waals surface area contributed by atoms with E-state index in [9.17, 15) is 9.59 Å². The Morgan fingerprint density at radius 1 is 1.11 bits per heavy atom. The number of carbonyl (C=O) groups excluding carboxylic acids is 2. The number of aromatic nitrogens is 1. The number of hydrogen-bond acceptors (Lipinski definition) is 4. The average molecular weight is 379 g/mol. The molecule has 6 nitrogen and oxygen atoms in total. The molecule has 3 N–H and O–H groups in total. The Balaban J connectivity index is 1.44. The maximum absolute atomic E-state index is 12.6. The smallest absolute Gasteiger partial charge is 0.270 e. The van der Waals surface area contributed by atoms with Crippen molar-refractivity contribution in [2.45, 2.75) is 37.5 Å². The molecule has 146 valence electrons. The third kappa shape index (κ3) is 4.50. The molecule has 0 aliphatic heterocycles. The Hall–Kier alpha value is -2.89. The second kappa shape index (κ2) is 8.00. The summed E-state index contributed by atoms with van der Waals surface area (Å²) < 4.78 is 5.92. The molecule has 1 aromatic heterocycles. The standard InChI is InChI=1S/C22H25N3O3/c23-20(26)18(15-4-2-1-3-5-15)12-24-21(27)19-11-10-17(16-8-9-16)22(25-19)28-13-14-6-7-14/h1-5,10-11,14,16,18H,6-9,12-13H2,(H2,23,26)(H,24,27)/t18-/m0/s1. The lowest BCUT2D eigenvalue weighted by Crippen LogP contribution is -2.35. The van der Waals surface area contributed by atoms with Crippen LogP contribution in [0.2, 0.25) is 0 Å². The molecule has 2 aromatic rings. The van der Waals surface area contributed by atoms with Crippen LogP contribution in [0.3, 0.4) is 0 Å². The van der Waals surface area contributed by atoms with Gasteiger partial charge in [-0.3, -0.25) is 9.59 Å². The lowest BCUT2D eigenvalue weighted by Gasteiger charge is -2.15. The second-order valence-electron chi connectivity index (χ2n) is 7.70. The molecule has 28 heavy (non-hydrogen) atoms. The van der Waals surface area contributed by atoms with Gasteiger partial charge in [0, 0.05) is 12.1 Å². The van der Waals surface area contributed by atoms with Crippen molar-refractivity contribution < 1.29 is 14.3 Å². The van der Waals surface area contributed by atoms with E-state index >= 15 is 0 Å². The molecule has 0 radical (unpaired) electrons. The van der Waals surface area contributed by atoms with Gasteiger partial charge in [-0.1, -0.05) is 36.4 Å². The van der Waals surface area contributed by atoms with Crippen LogP contribution in [0.1, 0.15) is 59.1 Å². The van der Waals surface area contributed by atoms with Crippen molar-refractivity contribution in [2.24, 2.45) is 11.7 Å².